The maximum Gasteiger partial charge on any atom is 0.233 e. The van der Waals surface area contributed by atoms with E-state index >= 15 is 0 Å². The van der Waals surface area contributed by atoms with Crippen molar-refractivity contribution in [3.8, 4) is 5.88 Å². The number of carbonyl (C=O) groups is 1. The van der Waals surface area contributed by atoms with Gasteiger partial charge in [-0.05, 0) is 12.5 Å². The molecule has 2 aromatic carbocycles. The van der Waals surface area contributed by atoms with Gasteiger partial charge >= 0.3 is 0 Å². The maximum atomic E-state index is 12.4. The molecule has 1 aromatic heterocycles. The molecule has 0 bridgehead atoms. The number of aromatic nitrogens is 1. The molecule has 0 atom stereocenters. The van der Waals surface area contributed by atoms with Crippen LogP contribution in [-0.4, -0.2) is 20.6 Å². The Balaban J connectivity index is 2.05. The normalized spacial score (nSPS) is 11.2. The SMILES string of the molecule is CCCC(=O)n1c(O)c(N=NC(=S)c2ccccc2)c2ccccc21. The van der Waals surface area contributed by atoms with E-state index < -0.39 is 0 Å². The van der Waals surface area contributed by atoms with Crippen LogP contribution in [0.25, 0.3) is 10.9 Å². The summed E-state index contributed by atoms with van der Waals surface area (Å²) in [5.74, 6) is -0.387. The lowest BCUT2D eigenvalue weighted by Gasteiger charge is -2.03. The number of fused-ring (bicyclic) bond motifs is 1. The Morgan fingerprint density at radius 2 is 1.80 bits per heavy atom. The second kappa shape index (κ2) is 7.36. The lowest BCUT2D eigenvalue weighted by atomic mass is 10.2. The predicted molar refractivity (Wildman–Crippen MR) is 102 cm³/mol. The topological polar surface area (TPSA) is 67.0 Å². The van der Waals surface area contributed by atoms with Crippen molar-refractivity contribution in [2.24, 2.45) is 10.2 Å². The summed E-state index contributed by atoms with van der Waals surface area (Å²) in [6, 6.07) is 16.5. The summed E-state index contributed by atoms with van der Waals surface area (Å²) < 4.78 is 1.29. The van der Waals surface area contributed by atoms with E-state index in [-0.39, 0.29) is 17.5 Å². The van der Waals surface area contributed by atoms with Gasteiger partial charge in [-0.15, -0.1) is 10.2 Å². The third-order valence-electron chi connectivity index (χ3n) is 3.80. The molecule has 0 spiro atoms. The number of hydrogen-bond acceptors (Lipinski definition) is 4. The number of aromatic hydroxyl groups is 1. The summed E-state index contributed by atoms with van der Waals surface area (Å²) in [7, 11) is 0. The van der Waals surface area contributed by atoms with E-state index in [2.05, 4.69) is 10.2 Å². The van der Waals surface area contributed by atoms with Gasteiger partial charge in [-0.3, -0.25) is 4.79 Å². The summed E-state index contributed by atoms with van der Waals surface area (Å²) in [5, 5.41) is 19.4. The quantitative estimate of drug-likeness (QED) is 0.516. The van der Waals surface area contributed by atoms with Gasteiger partial charge in [0.2, 0.25) is 11.8 Å². The van der Waals surface area contributed by atoms with E-state index in [1.54, 1.807) is 12.1 Å². The highest BCUT2D eigenvalue weighted by atomic mass is 32.1. The molecule has 0 aliphatic carbocycles. The summed E-state index contributed by atoms with van der Waals surface area (Å²) in [5.41, 5.74) is 1.63. The number of hydrogen-bond donors (Lipinski definition) is 1. The van der Waals surface area contributed by atoms with Gasteiger partial charge in [-0.25, -0.2) is 4.57 Å². The fourth-order valence-corrected chi connectivity index (χ4v) is 2.80. The number of carbonyl (C=O) groups excluding carboxylic acids is 1. The lowest BCUT2D eigenvalue weighted by Crippen LogP contribution is -2.08. The molecule has 0 unspecified atom stereocenters. The van der Waals surface area contributed by atoms with Gasteiger partial charge in [-0.1, -0.05) is 67.7 Å². The number of para-hydroxylation sites is 1. The van der Waals surface area contributed by atoms with E-state index in [1.165, 1.54) is 4.57 Å². The highest BCUT2D eigenvalue weighted by Crippen LogP contribution is 2.39. The van der Waals surface area contributed by atoms with Crippen molar-refractivity contribution in [2.75, 3.05) is 0 Å². The van der Waals surface area contributed by atoms with E-state index in [0.717, 1.165) is 5.56 Å². The Kier molecular flexibility index (Phi) is 5.00. The Bertz CT molecular complexity index is 961. The van der Waals surface area contributed by atoms with Crippen molar-refractivity contribution < 1.29 is 9.90 Å². The molecule has 5 nitrogen and oxygen atoms in total. The summed E-state index contributed by atoms with van der Waals surface area (Å²) >= 11 is 5.27. The molecule has 0 radical (unpaired) electrons. The molecule has 1 N–H and O–H groups in total. The van der Waals surface area contributed by atoms with Crippen molar-refractivity contribution in [3.05, 3.63) is 60.2 Å². The van der Waals surface area contributed by atoms with Crippen LogP contribution in [0.4, 0.5) is 5.69 Å². The fraction of sp³-hybridized carbons (Fsp3) is 0.158. The molecule has 0 aliphatic heterocycles. The molecule has 3 rings (SSSR count). The van der Waals surface area contributed by atoms with Gasteiger partial charge in [0.15, 0.2) is 10.7 Å². The summed E-state index contributed by atoms with van der Waals surface area (Å²) in [6.45, 7) is 1.92. The van der Waals surface area contributed by atoms with E-state index in [1.807, 2.05) is 49.4 Å². The molecular formula is C19H17N3O2S. The molecule has 1 heterocycles. The second-order valence-corrected chi connectivity index (χ2v) is 5.93. The fourth-order valence-electron chi connectivity index (χ4n) is 2.62. The Hall–Kier alpha value is -2.86. The van der Waals surface area contributed by atoms with Crippen LogP contribution in [-0.2, 0) is 0 Å². The van der Waals surface area contributed by atoms with Crippen LogP contribution in [0.15, 0.2) is 64.8 Å². The van der Waals surface area contributed by atoms with Gasteiger partial charge in [-0.2, -0.15) is 0 Å². The van der Waals surface area contributed by atoms with Gasteiger partial charge in [0.1, 0.15) is 0 Å². The molecule has 126 valence electrons. The Morgan fingerprint density at radius 1 is 1.12 bits per heavy atom. The van der Waals surface area contributed by atoms with E-state index in [9.17, 15) is 9.90 Å². The van der Waals surface area contributed by atoms with Gasteiger partial charge in [0.05, 0.1) is 5.52 Å². The predicted octanol–water partition coefficient (Wildman–Crippen LogP) is 5.25. The number of azo groups is 1. The van der Waals surface area contributed by atoms with Crippen molar-refractivity contribution >= 4 is 39.7 Å². The van der Waals surface area contributed by atoms with Crippen molar-refractivity contribution in [1.29, 1.82) is 0 Å². The molecule has 0 fully saturated rings. The molecule has 3 aromatic rings. The van der Waals surface area contributed by atoms with Crippen LogP contribution in [0.5, 0.6) is 5.88 Å². The van der Waals surface area contributed by atoms with Crippen LogP contribution >= 0.6 is 12.2 Å². The summed E-state index contributed by atoms with van der Waals surface area (Å²) in [4.78, 5) is 12.7. The monoisotopic (exact) mass is 351 g/mol. The average molecular weight is 351 g/mol. The largest absolute Gasteiger partial charge is 0.493 e. The zero-order valence-corrected chi connectivity index (χ0v) is 14.5. The van der Waals surface area contributed by atoms with Crippen molar-refractivity contribution in [1.82, 2.24) is 4.57 Å². The van der Waals surface area contributed by atoms with Gasteiger partial charge < -0.3 is 5.11 Å². The smallest absolute Gasteiger partial charge is 0.233 e. The molecule has 6 heteroatoms. The number of rotatable bonds is 4. The third kappa shape index (κ3) is 3.34. The standard InChI is InChI=1S/C19H17N3O2S/c1-2-8-16(23)22-15-12-7-6-11-14(15)17(19(22)24)20-21-18(25)13-9-4-3-5-10-13/h3-7,9-12,24H,2,8H2,1H3. The minimum absolute atomic E-state index is 0.178. The summed E-state index contributed by atoms with van der Waals surface area (Å²) in [6.07, 6.45) is 1.03. The van der Waals surface area contributed by atoms with Crippen LogP contribution in [0.3, 0.4) is 0 Å². The maximum absolute atomic E-state index is 12.4. The van der Waals surface area contributed by atoms with Gasteiger partial charge in [0.25, 0.3) is 0 Å². The zero-order chi connectivity index (χ0) is 17.8. The van der Waals surface area contributed by atoms with Crippen LogP contribution in [0, 0.1) is 0 Å². The molecule has 0 saturated carbocycles. The van der Waals surface area contributed by atoms with E-state index in [4.69, 9.17) is 12.2 Å². The molecule has 0 saturated heterocycles. The molecular weight excluding hydrogens is 334 g/mol. The minimum atomic E-state index is -0.209. The Labute approximate surface area is 150 Å². The molecule has 0 aliphatic rings. The molecule has 0 amide bonds. The van der Waals surface area contributed by atoms with Crippen LogP contribution < -0.4 is 0 Å². The number of thiocarbonyl (C=S) groups is 1. The van der Waals surface area contributed by atoms with Gasteiger partial charge in [0, 0.05) is 17.4 Å². The van der Waals surface area contributed by atoms with Crippen molar-refractivity contribution in [3.63, 3.8) is 0 Å². The van der Waals surface area contributed by atoms with Crippen LogP contribution in [0.2, 0.25) is 0 Å². The van der Waals surface area contributed by atoms with Crippen LogP contribution in [0.1, 0.15) is 30.1 Å². The second-order valence-electron chi connectivity index (χ2n) is 5.54. The highest BCUT2D eigenvalue weighted by molar-refractivity contribution is 7.80. The minimum Gasteiger partial charge on any atom is -0.493 e. The van der Waals surface area contributed by atoms with E-state index in [0.29, 0.717) is 28.7 Å². The first kappa shape index (κ1) is 17.0. The molecule has 25 heavy (non-hydrogen) atoms. The third-order valence-corrected chi connectivity index (χ3v) is 4.12. The zero-order valence-electron chi connectivity index (χ0n) is 13.7. The lowest BCUT2D eigenvalue weighted by molar-refractivity contribution is 0.0898. The number of nitrogens with zero attached hydrogens (tertiary/aromatic N) is 3. The number of benzene rings is 2. The Morgan fingerprint density at radius 3 is 2.52 bits per heavy atom. The first-order chi connectivity index (χ1) is 12.1. The first-order valence-corrected chi connectivity index (χ1v) is 8.41. The average Bonchev–Trinajstić information content (AvgIpc) is 2.92. The first-order valence-electron chi connectivity index (χ1n) is 8.00. The highest BCUT2D eigenvalue weighted by Gasteiger charge is 2.20. The van der Waals surface area contributed by atoms with Crippen molar-refractivity contribution in [2.45, 2.75) is 19.8 Å².